The summed E-state index contributed by atoms with van der Waals surface area (Å²) in [4.78, 5) is 0. The third kappa shape index (κ3) is 5.20. The first-order chi connectivity index (χ1) is 7.14. The van der Waals surface area contributed by atoms with Crippen LogP contribution in [0.3, 0.4) is 0 Å². The maximum Gasteiger partial charge on any atom is 0.278 e. The van der Waals surface area contributed by atoms with Crippen LogP contribution in [0.15, 0.2) is 30.3 Å². The Hall–Kier alpha value is -0.520. The van der Waals surface area contributed by atoms with Crippen molar-refractivity contribution in [3.05, 3.63) is 35.9 Å². The van der Waals surface area contributed by atoms with Crippen LogP contribution in [0.2, 0.25) is 0 Å². The van der Waals surface area contributed by atoms with Crippen LogP contribution < -0.4 is 0 Å². The number of benzene rings is 1. The van der Waals surface area contributed by atoms with E-state index in [0.29, 0.717) is 12.2 Å². The monoisotopic (exact) mass is 246 g/mol. The van der Waals surface area contributed by atoms with Gasteiger partial charge < -0.3 is 0 Å². The van der Waals surface area contributed by atoms with Crippen LogP contribution in [0.4, 0.5) is 0 Å². The molecule has 0 N–H and O–H groups in total. The second kappa shape index (κ2) is 6.15. The fraction of sp³-hybridized carbons (Fsp3) is 0.400. The standard InChI is InChI=1S/C10H14O3S2/c1-2-8-15(11,12)13-14-9-10-6-4-3-5-7-10/h3-7H,2,8-9H2,1H3. The minimum absolute atomic E-state index is 0.0782. The predicted molar refractivity (Wildman–Crippen MR) is 62.9 cm³/mol. The molecule has 0 fully saturated rings. The molecule has 84 valence electrons. The van der Waals surface area contributed by atoms with E-state index in [-0.39, 0.29) is 5.75 Å². The molecule has 0 radical (unpaired) electrons. The Kier molecular flexibility index (Phi) is 5.14. The SMILES string of the molecule is CCCS(=O)(=O)OSCc1ccccc1. The van der Waals surface area contributed by atoms with Gasteiger partial charge in [0.2, 0.25) is 0 Å². The predicted octanol–water partition coefficient (Wildman–Crippen LogP) is 2.59. The third-order valence-electron chi connectivity index (χ3n) is 1.67. The van der Waals surface area contributed by atoms with Crippen molar-refractivity contribution in [1.82, 2.24) is 0 Å². The summed E-state index contributed by atoms with van der Waals surface area (Å²) in [6.45, 7) is 1.81. The molecule has 0 aromatic heterocycles. The van der Waals surface area contributed by atoms with Crippen LogP contribution in [0.1, 0.15) is 18.9 Å². The summed E-state index contributed by atoms with van der Waals surface area (Å²) in [5.74, 6) is 0.624. The number of hydrogen-bond acceptors (Lipinski definition) is 4. The summed E-state index contributed by atoms with van der Waals surface area (Å²) in [7, 11) is -3.34. The van der Waals surface area contributed by atoms with Gasteiger partial charge in [-0.25, -0.2) is 0 Å². The van der Waals surface area contributed by atoms with E-state index in [4.69, 9.17) is 3.63 Å². The maximum absolute atomic E-state index is 11.2. The molecule has 1 aromatic carbocycles. The first kappa shape index (κ1) is 12.5. The van der Waals surface area contributed by atoms with Gasteiger partial charge in [-0.15, -0.1) is 0 Å². The lowest BCUT2D eigenvalue weighted by molar-refractivity contribution is 0.517. The van der Waals surface area contributed by atoms with Crippen molar-refractivity contribution >= 4 is 22.2 Å². The van der Waals surface area contributed by atoms with Gasteiger partial charge in [0, 0.05) is 17.8 Å². The quantitative estimate of drug-likeness (QED) is 0.724. The van der Waals surface area contributed by atoms with Crippen LogP contribution in [0.25, 0.3) is 0 Å². The van der Waals surface area contributed by atoms with E-state index in [1.54, 1.807) is 0 Å². The molecule has 0 unspecified atom stereocenters. The molecule has 0 aliphatic heterocycles. The summed E-state index contributed by atoms with van der Waals surface area (Å²) in [6, 6.07) is 9.61. The molecule has 0 bridgehead atoms. The van der Waals surface area contributed by atoms with Crippen LogP contribution in [0, 0.1) is 0 Å². The molecule has 0 heterocycles. The zero-order valence-electron chi connectivity index (χ0n) is 8.55. The van der Waals surface area contributed by atoms with Gasteiger partial charge in [-0.1, -0.05) is 37.3 Å². The van der Waals surface area contributed by atoms with E-state index >= 15 is 0 Å². The zero-order valence-corrected chi connectivity index (χ0v) is 10.2. The van der Waals surface area contributed by atoms with Gasteiger partial charge in [-0.3, -0.25) is 0 Å². The molecule has 5 heteroatoms. The van der Waals surface area contributed by atoms with Gasteiger partial charge in [0.25, 0.3) is 10.1 Å². The largest absolute Gasteiger partial charge is 0.278 e. The van der Waals surface area contributed by atoms with Crippen molar-refractivity contribution in [1.29, 1.82) is 0 Å². The Bertz CT molecular complexity index is 373. The molecular formula is C10H14O3S2. The Morgan fingerprint density at radius 1 is 1.27 bits per heavy atom. The lowest BCUT2D eigenvalue weighted by atomic mass is 10.2. The average Bonchev–Trinajstić information content (AvgIpc) is 2.19. The smallest absolute Gasteiger partial charge is 0.198 e. The van der Waals surface area contributed by atoms with Crippen molar-refractivity contribution in [2.45, 2.75) is 19.1 Å². The summed E-state index contributed by atoms with van der Waals surface area (Å²) >= 11 is 0.965. The normalized spacial score (nSPS) is 11.5. The Labute approximate surface area is 95.2 Å². The van der Waals surface area contributed by atoms with Crippen molar-refractivity contribution in [2.75, 3.05) is 5.75 Å². The minimum Gasteiger partial charge on any atom is -0.198 e. The van der Waals surface area contributed by atoms with E-state index in [1.165, 1.54) is 0 Å². The van der Waals surface area contributed by atoms with Crippen molar-refractivity contribution in [2.24, 2.45) is 0 Å². The van der Waals surface area contributed by atoms with Gasteiger partial charge in [-0.2, -0.15) is 12.0 Å². The highest BCUT2D eigenvalue weighted by atomic mass is 32.3. The second-order valence-corrected chi connectivity index (χ2v) is 5.67. The lowest BCUT2D eigenvalue weighted by Crippen LogP contribution is -2.05. The summed E-state index contributed by atoms with van der Waals surface area (Å²) in [5.41, 5.74) is 1.05. The Balaban J connectivity index is 2.34. The average molecular weight is 246 g/mol. The molecule has 1 aromatic rings. The van der Waals surface area contributed by atoms with Crippen LogP contribution in [-0.2, 0) is 19.5 Å². The number of rotatable bonds is 6. The fourth-order valence-electron chi connectivity index (χ4n) is 1.02. The summed E-state index contributed by atoms with van der Waals surface area (Å²) in [5, 5.41) is 0. The molecule has 0 aliphatic carbocycles. The molecular weight excluding hydrogens is 232 g/mol. The fourth-order valence-corrected chi connectivity index (χ4v) is 2.90. The van der Waals surface area contributed by atoms with Crippen LogP contribution >= 0.6 is 12.0 Å². The molecule has 0 saturated carbocycles. The first-order valence-electron chi connectivity index (χ1n) is 4.72. The summed E-state index contributed by atoms with van der Waals surface area (Å²) in [6.07, 6.45) is 0.578. The van der Waals surface area contributed by atoms with E-state index in [0.717, 1.165) is 17.6 Å². The minimum atomic E-state index is -3.34. The van der Waals surface area contributed by atoms with Crippen LogP contribution in [0.5, 0.6) is 0 Å². The van der Waals surface area contributed by atoms with Gasteiger partial charge in [0.05, 0.1) is 5.75 Å². The molecule has 1 rings (SSSR count). The van der Waals surface area contributed by atoms with E-state index in [2.05, 4.69) is 0 Å². The zero-order chi connectivity index (χ0) is 11.1. The molecule has 0 atom stereocenters. The van der Waals surface area contributed by atoms with Crippen molar-refractivity contribution in [3.8, 4) is 0 Å². The van der Waals surface area contributed by atoms with Crippen LogP contribution in [-0.4, -0.2) is 14.2 Å². The highest BCUT2D eigenvalue weighted by Crippen LogP contribution is 2.16. The summed E-state index contributed by atoms with van der Waals surface area (Å²) < 4.78 is 27.1. The number of hydrogen-bond donors (Lipinski definition) is 0. The molecule has 0 saturated heterocycles. The Morgan fingerprint density at radius 2 is 1.93 bits per heavy atom. The Morgan fingerprint density at radius 3 is 2.53 bits per heavy atom. The van der Waals surface area contributed by atoms with Crippen molar-refractivity contribution in [3.63, 3.8) is 0 Å². The highest BCUT2D eigenvalue weighted by molar-refractivity contribution is 8.03. The van der Waals surface area contributed by atoms with Gasteiger partial charge in [0.1, 0.15) is 0 Å². The topological polar surface area (TPSA) is 43.4 Å². The van der Waals surface area contributed by atoms with E-state index in [9.17, 15) is 8.42 Å². The molecule has 15 heavy (non-hydrogen) atoms. The molecule has 0 spiro atoms. The maximum atomic E-state index is 11.2. The molecule has 0 amide bonds. The third-order valence-corrected chi connectivity index (χ3v) is 4.25. The molecule has 3 nitrogen and oxygen atoms in total. The highest BCUT2D eigenvalue weighted by Gasteiger charge is 2.09. The van der Waals surface area contributed by atoms with Gasteiger partial charge in [-0.05, 0) is 12.0 Å². The van der Waals surface area contributed by atoms with Gasteiger partial charge in [0.15, 0.2) is 0 Å². The van der Waals surface area contributed by atoms with E-state index in [1.807, 2.05) is 37.3 Å². The van der Waals surface area contributed by atoms with E-state index < -0.39 is 10.1 Å². The van der Waals surface area contributed by atoms with Gasteiger partial charge >= 0.3 is 0 Å². The van der Waals surface area contributed by atoms with Crippen molar-refractivity contribution < 1.29 is 12.0 Å². The second-order valence-electron chi connectivity index (χ2n) is 3.08. The lowest BCUT2D eigenvalue weighted by Gasteiger charge is -2.02. The first-order valence-corrected chi connectivity index (χ1v) is 7.20. The molecule has 0 aliphatic rings.